The number of para-hydroxylation sites is 1. The number of carbonyl (C=O) groups excluding carboxylic acids is 3. The standard InChI is InChI=1S/C18H25N3O4/c1-11-10-12(2)25-16(11)18(24)21-15-7-5-4-6-14(15)17(23)20-9-8-19-13(3)22/h4-7,11-12,16H,8-10H2,1-3H3,(H,19,22)(H,20,23)(H,21,24)/t11-,12-,16+/m0/s1. The van der Waals surface area contributed by atoms with Crippen molar-refractivity contribution in [2.75, 3.05) is 18.4 Å². The molecule has 0 saturated carbocycles. The predicted octanol–water partition coefficient (Wildman–Crippen LogP) is 1.30. The third-order valence-electron chi connectivity index (χ3n) is 4.07. The molecule has 1 fully saturated rings. The van der Waals surface area contributed by atoms with Crippen molar-refractivity contribution >= 4 is 23.4 Å². The summed E-state index contributed by atoms with van der Waals surface area (Å²) in [7, 11) is 0. The van der Waals surface area contributed by atoms with Gasteiger partial charge < -0.3 is 20.7 Å². The smallest absolute Gasteiger partial charge is 0.253 e. The van der Waals surface area contributed by atoms with Gasteiger partial charge in [0.15, 0.2) is 0 Å². The summed E-state index contributed by atoms with van der Waals surface area (Å²) in [4.78, 5) is 35.6. The number of hydrogen-bond acceptors (Lipinski definition) is 4. The summed E-state index contributed by atoms with van der Waals surface area (Å²) in [6, 6.07) is 6.81. The normalized spacial score (nSPS) is 22.3. The highest BCUT2D eigenvalue weighted by molar-refractivity contribution is 6.04. The number of amides is 3. The average Bonchev–Trinajstić information content (AvgIpc) is 2.90. The molecule has 0 unspecified atom stereocenters. The van der Waals surface area contributed by atoms with Gasteiger partial charge >= 0.3 is 0 Å². The van der Waals surface area contributed by atoms with Crippen LogP contribution in [0.25, 0.3) is 0 Å². The fourth-order valence-corrected chi connectivity index (χ4v) is 2.91. The van der Waals surface area contributed by atoms with Crippen LogP contribution in [0.2, 0.25) is 0 Å². The van der Waals surface area contributed by atoms with Crippen molar-refractivity contribution in [1.29, 1.82) is 0 Å². The van der Waals surface area contributed by atoms with Gasteiger partial charge in [0.05, 0.1) is 17.4 Å². The molecule has 1 heterocycles. The lowest BCUT2D eigenvalue weighted by Gasteiger charge is -2.17. The van der Waals surface area contributed by atoms with E-state index in [1.54, 1.807) is 24.3 Å². The minimum Gasteiger partial charge on any atom is -0.365 e. The van der Waals surface area contributed by atoms with E-state index in [1.807, 2.05) is 13.8 Å². The van der Waals surface area contributed by atoms with Crippen LogP contribution in [0.1, 0.15) is 37.6 Å². The molecule has 7 nitrogen and oxygen atoms in total. The molecule has 7 heteroatoms. The van der Waals surface area contributed by atoms with Gasteiger partial charge in [-0.05, 0) is 31.4 Å². The molecule has 1 aliphatic rings. The lowest BCUT2D eigenvalue weighted by Crippen LogP contribution is -2.35. The highest BCUT2D eigenvalue weighted by atomic mass is 16.5. The van der Waals surface area contributed by atoms with Crippen LogP contribution in [0.5, 0.6) is 0 Å². The third-order valence-corrected chi connectivity index (χ3v) is 4.07. The Morgan fingerprint density at radius 3 is 2.44 bits per heavy atom. The Labute approximate surface area is 147 Å². The van der Waals surface area contributed by atoms with Gasteiger partial charge in [-0.1, -0.05) is 19.1 Å². The number of benzene rings is 1. The van der Waals surface area contributed by atoms with Crippen LogP contribution >= 0.6 is 0 Å². The summed E-state index contributed by atoms with van der Waals surface area (Å²) >= 11 is 0. The van der Waals surface area contributed by atoms with Crippen molar-refractivity contribution in [1.82, 2.24) is 10.6 Å². The van der Waals surface area contributed by atoms with Gasteiger partial charge in [-0.2, -0.15) is 0 Å². The maximum Gasteiger partial charge on any atom is 0.253 e. The zero-order valence-electron chi connectivity index (χ0n) is 14.8. The number of anilines is 1. The molecule has 0 bridgehead atoms. The zero-order valence-corrected chi connectivity index (χ0v) is 14.8. The second-order valence-corrected chi connectivity index (χ2v) is 6.35. The van der Waals surface area contributed by atoms with Crippen LogP contribution in [-0.2, 0) is 14.3 Å². The fraction of sp³-hybridized carbons (Fsp3) is 0.500. The van der Waals surface area contributed by atoms with Crippen LogP contribution in [0.15, 0.2) is 24.3 Å². The molecule has 0 radical (unpaired) electrons. The van der Waals surface area contributed by atoms with Gasteiger partial charge in [0.2, 0.25) is 5.91 Å². The summed E-state index contributed by atoms with van der Waals surface area (Å²) in [5, 5.41) is 8.12. The second-order valence-electron chi connectivity index (χ2n) is 6.35. The van der Waals surface area contributed by atoms with Crippen LogP contribution in [0.4, 0.5) is 5.69 Å². The highest BCUT2D eigenvalue weighted by Gasteiger charge is 2.35. The molecule has 3 atom stereocenters. The molecule has 1 saturated heterocycles. The van der Waals surface area contributed by atoms with E-state index in [9.17, 15) is 14.4 Å². The number of ether oxygens (including phenoxy) is 1. The van der Waals surface area contributed by atoms with E-state index in [-0.39, 0.29) is 29.7 Å². The molecule has 0 spiro atoms. The first kappa shape index (κ1) is 18.9. The van der Waals surface area contributed by atoms with E-state index >= 15 is 0 Å². The van der Waals surface area contributed by atoms with E-state index in [1.165, 1.54) is 6.92 Å². The zero-order chi connectivity index (χ0) is 18.4. The molecule has 3 amide bonds. The predicted molar refractivity (Wildman–Crippen MR) is 94.2 cm³/mol. The molecule has 3 N–H and O–H groups in total. The van der Waals surface area contributed by atoms with Crippen LogP contribution in [0, 0.1) is 5.92 Å². The Balaban J connectivity index is 1.98. The molecular formula is C18H25N3O4. The second kappa shape index (κ2) is 8.62. The third kappa shape index (κ3) is 5.29. The number of nitrogens with one attached hydrogen (secondary N) is 3. The molecule has 1 aromatic carbocycles. The molecule has 0 aliphatic carbocycles. The van der Waals surface area contributed by atoms with Gasteiger partial charge in [0, 0.05) is 20.0 Å². The molecule has 2 rings (SSSR count). The van der Waals surface area contributed by atoms with Crippen molar-refractivity contribution < 1.29 is 19.1 Å². The van der Waals surface area contributed by atoms with Gasteiger partial charge in [0.1, 0.15) is 6.10 Å². The Morgan fingerprint density at radius 2 is 1.80 bits per heavy atom. The minimum atomic E-state index is -0.508. The number of carbonyl (C=O) groups is 3. The van der Waals surface area contributed by atoms with Crippen LogP contribution in [0.3, 0.4) is 0 Å². The van der Waals surface area contributed by atoms with E-state index in [4.69, 9.17) is 4.74 Å². The number of hydrogen-bond donors (Lipinski definition) is 3. The quantitative estimate of drug-likeness (QED) is 0.676. The van der Waals surface area contributed by atoms with Gasteiger partial charge in [0.25, 0.3) is 11.8 Å². The lowest BCUT2D eigenvalue weighted by atomic mass is 10.0. The monoisotopic (exact) mass is 347 g/mol. The molecule has 0 aromatic heterocycles. The molecule has 25 heavy (non-hydrogen) atoms. The van der Waals surface area contributed by atoms with Gasteiger partial charge in [-0.15, -0.1) is 0 Å². The first-order valence-electron chi connectivity index (χ1n) is 8.46. The maximum atomic E-state index is 12.5. The Hall–Kier alpha value is -2.41. The van der Waals surface area contributed by atoms with Crippen molar-refractivity contribution in [3.63, 3.8) is 0 Å². The van der Waals surface area contributed by atoms with Gasteiger partial charge in [-0.25, -0.2) is 0 Å². The van der Waals surface area contributed by atoms with Crippen molar-refractivity contribution in [3.8, 4) is 0 Å². The fourth-order valence-electron chi connectivity index (χ4n) is 2.91. The van der Waals surface area contributed by atoms with Crippen molar-refractivity contribution in [3.05, 3.63) is 29.8 Å². The summed E-state index contributed by atoms with van der Waals surface area (Å²) in [5.74, 6) is -0.569. The Kier molecular flexibility index (Phi) is 6.52. The SMILES string of the molecule is CC(=O)NCCNC(=O)c1ccccc1NC(=O)[C@@H]1O[C@@H](C)C[C@@H]1C. The summed E-state index contributed by atoms with van der Waals surface area (Å²) < 4.78 is 5.66. The van der Waals surface area contributed by atoms with E-state index in [2.05, 4.69) is 16.0 Å². The van der Waals surface area contributed by atoms with Crippen molar-refractivity contribution in [2.24, 2.45) is 5.92 Å². The maximum absolute atomic E-state index is 12.5. The van der Waals surface area contributed by atoms with E-state index < -0.39 is 6.10 Å². The largest absolute Gasteiger partial charge is 0.365 e. The Morgan fingerprint density at radius 1 is 1.12 bits per heavy atom. The highest BCUT2D eigenvalue weighted by Crippen LogP contribution is 2.27. The van der Waals surface area contributed by atoms with E-state index in [0.29, 0.717) is 24.3 Å². The van der Waals surface area contributed by atoms with Crippen molar-refractivity contribution in [2.45, 2.75) is 39.4 Å². The summed E-state index contributed by atoms with van der Waals surface area (Å²) in [6.07, 6.45) is 0.382. The van der Waals surface area contributed by atoms with E-state index in [0.717, 1.165) is 6.42 Å². The van der Waals surface area contributed by atoms with Gasteiger partial charge in [-0.3, -0.25) is 14.4 Å². The summed E-state index contributed by atoms with van der Waals surface area (Å²) in [5.41, 5.74) is 0.817. The Bertz CT molecular complexity index is 647. The first-order chi connectivity index (χ1) is 11.9. The number of rotatable bonds is 6. The molecule has 1 aromatic rings. The molecular weight excluding hydrogens is 322 g/mol. The van der Waals surface area contributed by atoms with Crippen LogP contribution in [-0.4, -0.2) is 43.0 Å². The van der Waals surface area contributed by atoms with Crippen LogP contribution < -0.4 is 16.0 Å². The average molecular weight is 347 g/mol. The topological polar surface area (TPSA) is 96.5 Å². The summed E-state index contributed by atoms with van der Waals surface area (Å²) in [6.45, 7) is 6.00. The lowest BCUT2D eigenvalue weighted by molar-refractivity contribution is -0.127. The minimum absolute atomic E-state index is 0.0538. The molecule has 136 valence electrons. The first-order valence-corrected chi connectivity index (χ1v) is 8.46. The molecule has 1 aliphatic heterocycles.